The summed E-state index contributed by atoms with van der Waals surface area (Å²) in [5, 5.41) is 0. The van der Waals surface area contributed by atoms with Crippen LogP contribution in [0.4, 0.5) is 0 Å². The number of rotatable bonds is 0. The van der Waals surface area contributed by atoms with Gasteiger partial charge in [-0.2, -0.15) is 0 Å². The zero-order valence-electron chi connectivity index (χ0n) is 2.93. The molecule has 0 fully saturated rings. The summed E-state index contributed by atoms with van der Waals surface area (Å²) in [5.74, 6) is 0. The van der Waals surface area contributed by atoms with Gasteiger partial charge in [-0.1, -0.05) is 0 Å². The maximum atomic E-state index is 0. The largest absolute Gasteiger partial charge is 2.00 e. The van der Waals surface area contributed by atoms with Crippen LogP contribution in [0.1, 0.15) is 0 Å². The van der Waals surface area contributed by atoms with Crippen molar-refractivity contribution < 1.29 is 58.8 Å². The van der Waals surface area contributed by atoms with E-state index in [2.05, 4.69) is 0 Å². The van der Waals surface area contributed by atoms with Crippen molar-refractivity contribution in [1.29, 1.82) is 0 Å². The maximum absolute atomic E-state index is 0. The quantitative estimate of drug-likeness (QED) is 0.389. The molecule has 0 bridgehead atoms. The van der Waals surface area contributed by atoms with E-state index in [4.69, 9.17) is 0 Å². The minimum Gasteiger partial charge on any atom is -1.00 e. The van der Waals surface area contributed by atoms with E-state index in [1.807, 2.05) is 0 Å². The van der Waals surface area contributed by atoms with Crippen LogP contribution in [-0.2, 0) is 0 Å². The van der Waals surface area contributed by atoms with Crippen molar-refractivity contribution >= 4 is 60.8 Å². The van der Waals surface area contributed by atoms with Gasteiger partial charge in [-0.15, -0.1) is 0 Å². The topological polar surface area (TPSA) is 0 Å². The van der Waals surface area contributed by atoms with Gasteiger partial charge in [-0.25, -0.2) is 0 Å². The summed E-state index contributed by atoms with van der Waals surface area (Å²) in [6, 6.07) is 0. The first-order valence-electron chi connectivity index (χ1n) is 0. The van der Waals surface area contributed by atoms with E-state index < -0.39 is 0 Å². The maximum Gasteiger partial charge on any atom is 2.00 e. The van der Waals surface area contributed by atoms with Gasteiger partial charge in [0.15, 0.2) is 0 Å². The average molecular weight is 295 g/mol. The van der Waals surface area contributed by atoms with Gasteiger partial charge in [0.05, 0.1) is 0 Å². The van der Waals surface area contributed by atoms with Crippen molar-refractivity contribution in [3.8, 4) is 0 Å². The summed E-state index contributed by atoms with van der Waals surface area (Å²) in [6.07, 6.45) is 0. The Morgan fingerprint density at radius 1 is 0.667 bits per heavy atom. The summed E-state index contributed by atoms with van der Waals surface area (Å²) in [5.41, 5.74) is 0. The molecule has 0 aliphatic carbocycles. The molecule has 0 heterocycles. The Hall–Kier alpha value is 3.57. The molecule has 0 nitrogen and oxygen atoms in total. The second-order valence-corrected chi connectivity index (χ2v) is 0. The van der Waals surface area contributed by atoms with E-state index in [9.17, 15) is 0 Å². The van der Waals surface area contributed by atoms with Gasteiger partial charge in [0.2, 0.25) is 0 Å². The second-order valence-electron chi connectivity index (χ2n) is 0. The summed E-state index contributed by atoms with van der Waals surface area (Å²) in [6.45, 7) is 0. The van der Waals surface area contributed by atoms with Crippen LogP contribution in [0.3, 0.4) is 0 Å². The SMILES string of the molecule is [Br-].[Br-].[Ca+2].[Cl-].[Cl-].[Mg+2]. The zero-order valence-corrected chi connectivity index (χ0v) is 11.2. The molecule has 0 rings (SSSR count). The van der Waals surface area contributed by atoms with Gasteiger partial charge < -0.3 is 58.8 Å². The monoisotopic (exact) mass is 292 g/mol. The first kappa shape index (κ1) is 55.2. The fourth-order valence-corrected chi connectivity index (χ4v) is 0. The third-order valence-electron chi connectivity index (χ3n) is 0. The van der Waals surface area contributed by atoms with Crippen molar-refractivity contribution in [1.82, 2.24) is 0 Å². The second kappa shape index (κ2) is 38.6. The molecule has 0 aliphatic rings. The zero-order chi connectivity index (χ0) is 0. The Balaban J connectivity index is 0. The van der Waals surface area contributed by atoms with Crippen molar-refractivity contribution in [3.63, 3.8) is 0 Å². The minimum atomic E-state index is 0. The van der Waals surface area contributed by atoms with Gasteiger partial charge in [0, 0.05) is 0 Å². The molecular formula is Br2CaCl2Mg. The molecule has 0 saturated carbocycles. The van der Waals surface area contributed by atoms with Crippen LogP contribution in [0.2, 0.25) is 0 Å². The molecule has 0 amide bonds. The smallest absolute Gasteiger partial charge is 1.00 e. The van der Waals surface area contributed by atoms with Crippen LogP contribution < -0.4 is 58.8 Å². The molecule has 6 heavy (non-hydrogen) atoms. The number of hydrogen-bond donors (Lipinski definition) is 0. The average Bonchev–Trinajstić information content (AvgIpc) is 0. The number of hydrogen-bond acceptors (Lipinski definition) is 0. The van der Waals surface area contributed by atoms with E-state index in [0.29, 0.717) is 0 Å². The van der Waals surface area contributed by atoms with Crippen molar-refractivity contribution in [2.45, 2.75) is 0 Å². The van der Waals surface area contributed by atoms with Gasteiger partial charge in [-0.3, -0.25) is 0 Å². The van der Waals surface area contributed by atoms with E-state index >= 15 is 0 Å². The van der Waals surface area contributed by atoms with Crippen LogP contribution in [0.25, 0.3) is 0 Å². The van der Waals surface area contributed by atoms with E-state index in [1.165, 1.54) is 0 Å². The van der Waals surface area contributed by atoms with E-state index in [1.54, 1.807) is 0 Å². The van der Waals surface area contributed by atoms with Crippen molar-refractivity contribution in [3.05, 3.63) is 0 Å². The molecule has 0 saturated heterocycles. The summed E-state index contributed by atoms with van der Waals surface area (Å²) >= 11 is 0. The molecule has 0 aliphatic heterocycles. The van der Waals surface area contributed by atoms with Gasteiger partial charge in [0.25, 0.3) is 0 Å². The molecule has 0 aromatic heterocycles. The first-order chi connectivity index (χ1) is 0. The molecule has 0 aromatic carbocycles. The van der Waals surface area contributed by atoms with E-state index in [-0.39, 0.29) is 120 Å². The van der Waals surface area contributed by atoms with Crippen molar-refractivity contribution in [2.75, 3.05) is 0 Å². The molecule has 32 valence electrons. The van der Waals surface area contributed by atoms with Gasteiger partial charge >= 0.3 is 60.8 Å². The van der Waals surface area contributed by atoms with E-state index in [0.717, 1.165) is 0 Å². The minimum absolute atomic E-state index is 0. The molecule has 0 atom stereocenters. The summed E-state index contributed by atoms with van der Waals surface area (Å²) in [7, 11) is 0. The Morgan fingerprint density at radius 2 is 0.667 bits per heavy atom. The molecule has 0 unspecified atom stereocenters. The van der Waals surface area contributed by atoms with Gasteiger partial charge in [0.1, 0.15) is 0 Å². The Morgan fingerprint density at radius 3 is 0.667 bits per heavy atom. The van der Waals surface area contributed by atoms with Crippen LogP contribution in [0.5, 0.6) is 0 Å². The predicted molar refractivity (Wildman–Crippen MR) is 11.5 cm³/mol. The predicted octanol–water partition coefficient (Wildman–Crippen LogP) is -12.7. The first-order valence-corrected chi connectivity index (χ1v) is 0. The third-order valence-corrected chi connectivity index (χ3v) is 0. The van der Waals surface area contributed by atoms with Crippen LogP contribution in [0, 0.1) is 0 Å². The molecule has 0 radical (unpaired) electrons. The molecule has 0 aromatic rings. The van der Waals surface area contributed by atoms with Crippen molar-refractivity contribution in [2.24, 2.45) is 0 Å². The fraction of sp³-hybridized carbons (Fsp3) is 0. The molecular weight excluding hydrogens is 295 g/mol. The molecule has 0 spiro atoms. The van der Waals surface area contributed by atoms with Crippen LogP contribution in [0.15, 0.2) is 0 Å². The number of halogens is 4. The Bertz CT molecular complexity index is 11.5. The Kier molecular flexibility index (Phi) is 355. The van der Waals surface area contributed by atoms with Crippen LogP contribution >= 0.6 is 0 Å². The third kappa shape index (κ3) is 25.7. The normalized spacial score (nSPS) is 0. The Labute approximate surface area is 117 Å². The molecule has 0 N–H and O–H groups in total. The summed E-state index contributed by atoms with van der Waals surface area (Å²) in [4.78, 5) is 0. The van der Waals surface area contributed by atoms with Crippen LogP contribution in [-0.4, -0.2) is 60.8 Å². The van der Waals surface area contributed by atoms with Gasteiger partial charge in [-0.05, 0) is 0 Å². The fourth-order valence-electron chi connectivity index (χ4n) is 0. The summed E-state index contributed by atoms with van der Waals surface area (Å²) < 4.78 is 0. The standard InChI is InChI=1S/2BrH.Ca.2ClH.Mg/h2*1H;;2*1H;/q;;+2;;;+2/p-4. The molecule has 6 heteroatoms.